The second-order valence-corrected chi connectivity index (χ2v) is 6.08. The van der Waals surface area contributed by atoms with Crippen LogP contribution < -0.4 is 0 Å². The molecule has 0 heterocycles. The third-order valence-corrected chi connectivity index (χ3v) is 4.35. The molecule has 126 valence electrons. The summed E-state index contributed by atoms with van der Waals surface area (Å²) < 4.78 is 5.26. The molecule has 0 spiro atoms. The maximum Gasteiger partial charge on any atom is 0.325 e. The number of hydrogen-bond acceptors (Lipinski definition) is 3. The van der Waals surface area contributed by atoms with E-state index < -0.39 is 23.8 Å². The standard InChI is InChI=1S/C22H20O3/c1-16-10-8-9-15-19(16)21(23)25-22(24)20(17-11-4-2-5-12-17)18-13-6-3-7-14-18/h2-7,9-15,19-20H,8H2,1H3. The highest BCUT2D eigenvalue weighted by Crippen LogP contribution is 2.27. The average Bonchev–Trinajstić information content (AvgIpc) is 2.64. The van der Waals surface area contributed by atoms with Crippen molar-refractivity contribution < 1.29 is 14.3 Å². The number of benzene rings is 2. The first kappa shape index (κ1) is 16.9. The molecule has 0 aromatic heterocycles. The molecule has 0 radical (unpaired) electrons. The van der Waals surface area contributed by atoms with Crippen molar-refractivity contribution >= 4 is 11.9 Å². The Morgan fingerprint density at radius 3 is 2.04 bits per heavy atom. The molecule has 0 bridgehead atoms. The second kappa shape index (κ2) is 7.75. The molecular formula is C22H20O3. The molecule has 3 nitrogen and oxygen atoms in total. The molecule has 2 aromatic carbocycles. The zero-order valence-electron chi connectivity index (χ0n) is 14.1. The third kappa shape index (κ3) is 3.94. The van der Waals surface area contributed by atoms with Crippen molar-refractivity contribution in [2.45, 2.75) is 19.3 Å². The Morgan fingerprint density at radius 2 is 1.52 bits per heavy atom. The fraction of sp³-hybridized carbons (Fsp3) is 0.182. The summed E-state index contributed by atoms with van der Waals surface area (Å²) in [5, 5.41) is 0. The Kier molecular flexibility index (Phi) is 5.24. The van der Waals surface area contributed by atoms with Crippen LogP contribution in [0.2, 0.25) is 0 Å². The highest BCUT2D eigenvalue weighted by molar-refractivity contribution is 5.94. The fourth-order valence-corrected chi connectivity index (χ4v) is 2.99. The number of carbonyl (C=O) groups excluding carboxylic acids is 2. The van der Waals surface area contributed by atoms with Gasteiger partial charge in [0.05, 0.1) is 5.92 Å². The quantitative estimate of drug-likeness (QED) is 0.473. The first-order valence-corrected chi connectivity index (χ1v) is 8.35. The number of rotatable bonds is 4. The molecule has 2 aromatic rings. The number of carbonyl (C=O) groups is 2. The van der Waals surface area contributed by atoms with Crippen molar-refractivity contribution in [1.29, 1.82) is 0 Å². The van der Waals surface area contributed by atoms with Gasteiger partial charge in [0.1, 0.15) is 5.92 Å². The maximum atomic E-state index is 12.8. The van der Waals surface area contributed by atoms with Crippen LogP contribution in [0, 0.1) is 5.92 Å². The molecular weight excluding hydrogens is 312 g/mol. The summed E-state index contributed by atoms with van der Waals surface area (Å²) in [6.45, 7) is 1.88. The number of allylic oxidation sites excluding steroid dienone is 2. The molecule has 0 amide bonds. The van der Waals surface area contributed by atoms with Gasteiger partial charge in [-0.1, -0.05) is 84.5 Å². The predicted octanol–water partition coefficient (Wildman–Crippen LogP) is 4.41. The molecule has 25 heavy (non-hydrogen) atoms. The van der Waals surface area contributed by atoms with Crippen LogP contribution in [0.25, 0.3) is 0 Å². The van der Waals surface area contributed by atoms with Crippen LogP contribution in [-0.2, 0) is 14.3 Å². The van der Waals surface area contributed by atoms with Gasteiger partial charge in [0.15, 0.2) is 0 Å². The largest absolute Gasteiger partial charge is 0.392 e. The summed E-state index contributed by atoms with van der Waals surface area (Å²) in [6, 6.07) is 18.8. The van der Waals surface area contributed by atoms with E-state index in [2.05, 4.69) is 0 Å². The van der Waals surface area contributed by atoms with Gasteiger partial charge >= 0.3 is 11.9 Å². The molecule has 3 heteroatoms. The first-order chi connectivity index (χ1) is 12.2. The van der Waals surface area contributed by atoms with Gasteiger partial charge in [0, 0.05) is 0 Å². The van der Waals surface area contributed by atoms with Crippen LogP contribution in [0.4, 0.5) is 0 Å². The lowest BCUT2D eigenvalue weighted by Gasteiger charge is -2.19. The fourth-order valence-electron chi connectivity index (χ4n) is 2.99. The van der Waals surface area contributed by atoms with Gasteiger partial charge in [-0.25, -0.2) is 0 Å². The van der Waals surface area contributed by atoms with E-state index in [0.29, 0.717) is 0 Å². The lowest BCUT2D eigenvalue weighted by molar-refractivity contribution is -0.161. The summed E-state index contributed by atoms with van der Waals surface area (Å²) in [5.74, 6) is -2.17. The number of ether oxygens (including phenoxy) is 1. The average molecular weight is 332 g/mol. The van der Waals surface area contributed by atoms with Crippen molar-refractivity contribution in [3.05, 3.63) is 95.6 Å². The van der Waals surface area contributed by atoms with E-state index in [-0.39, 0.29) is 0 Å². The molecule has 0 fully saturated rings. The van der Waals surface area contributed by atoms with E-state index in [4.69, 9.17) is 4.74 Å². The predicted molar refractivity (Wildman–Crippen MR) is 96.8 cm³/mol. The molecule has 1 atom stereocenters. The van der Waals surface area contributed by atoms with Crippen molar-refractivity contribution in [3.8, 4) is 0 Å². The van der Waals surface area contributed by atoms with Gasteiger partial charge in [-0.3, -0.25) is 9.59 Å². The van der Waals surface area contributed by atoms with E-state index in [0.717, 1.165) is 23.1 Å². The topological polar surface area (TPSA) is 43.4 Å². The minimum absolute atomic E-state index is 0.482. The molecule has 1 aliphatic carbocycles. The summed E-state index contributed by atoms with van der Waals surface area (Å²) in [6.07, 6.45) is 6.49. The van der Waals surface area contributed by atoms with Crippen LogP contribution in [0.5, 0.6) is 0 Å². The molecule has 3 rings (SSSR count). The SMILES string of the molecule is CC1=CCC=CC1C(=O)OC(=O)C(c1ccccc1)c1ccccc1. The van der Waals surface area contributed by atoms with Crippen molar-refractivity contribution in [1.82, 2.24) is 0 Å². The Balaban J connectivity index is 1.85. The molecule has 1 unspecified atom stereocenters. The normalized spacial score (nSPS) is 16.4. The third-order valence-electron chi connectivity index (χ3n) is 4.35. The molecule has 0 N–H and O–H groups in total. The minimum atomic E-state index is -0.622. The summed E-state index contributed by atoms with van der Waals surface area (Å²) >= 11 is 0. The lowest BCUT2D eigenvalue weighted by Crippen LogP contribution is -2.26. The molecule has 0 saturated heterocycles. The van der Waals surface area contributed by atoms with Gasteiger partial charge in [0.2, 0.25) is 0 Å². The van der Waals surface area contributed by atoms with Gasteiger partial charge in [-0.2, -0.15) is 0 Å². The highest BCUT2D eigenvalue weighted by atomic mass is 16.6. The van der Waals surface area contributed by atoms with Gasteiger partial charge in [0.25, 0.3) is 0 Å². The Hall–Kier alpha value is -2.94. The summed E-state index contributed by atoms with van der Waals surface area (Å²) in [4.78, 5) is 25.3. The zero-order valence-corrected chi connectivity index (χ0v) is 14.1. The lowest BCUT2D eigenvalue weighted by atomic mass is 9.91. The van der Waals surface area contributed by atoms with E-state index >= 15 is 0 Å². The number of esters is 2. The minimum Gasteiger partial charge on any atom is -0.392 e. The Labute approximate surface area is 147 Å². The van der Waals surface area contributed by atoms with Gasteiger partial charge < -0.3 is 4.74 Å². The van der Waals surface area contributed by atoms with Crippen LogP contribution in [0.3, 0.4) is 0 Å². The van der Waals surface area contributed by atoms with Gasteiger partial charge in [-0.15, -0.1) is 0 Å². The Morgan fingerprint density at radius 1 is 0.960 bits per heavy atom. The number of hydrogen-bond donors (Lipinski definition) is 0. The Bertz CT molecular complexity index is 764. The summed E-state index contributed by atoms with van der Waals surface area (Å²) in [5.41, 5.74) is 2.52. The van der Waals surface area contributed by atoms with Crippen LogP contribution in [0.1, 0.15) is 30.4 Å². The highest BCUT2D eigenvalue weighted by Gasteiger charge is 2.29. The second-order valence-electron chi connectivity index (χ2n) is 6.08. The molecule has 0 saturated carbocycles. The smallest absolute Gasteiger partial charge is 0.325 e. The maximum absolute atomic E-state index is 12.8. The monoisotopic (exact) mass is 332 g/mol. The summed E-state index contributed by atoms with van der Waals surface area (Å²) in [7, 11) is 0. The van der Waals surface area contributed by atoms with Crippen molar-refractivity contribution in [2.75, 3.05) is 0 Å². The van der Waals surface area contributed by atoms with Gasteiger partial charge in [-0.05, 0) is 24.5 Å². The van der Waals surface area contributed by atoms with Crippen LogP contribution in [-0.4, -0.2) is 11.9 Å². The zero-order chi connectivity index (χ0) is 17.6. The van der Waals surface area contributed by atoms with E-state index in [1.165, 1.54) is 0 Å². The van der Waals surface area contributed by atoms with E-state index in [9.17, 15) is 9.59 Å². The first-order valence-electron chi connectivity index (χ1n) is 8.35. The van der Waals surface area contributed by atoms with Crippen LogP contribution >= 0.6 is 0 Å². The van der Waals surface area contributed by atoms with Crippen molar-refractivity contribution in [3.63, 3.8) is 0 Å². The van der Waals surface area contributed by atoms with Crippen molar-refractivity contribution in [2.24, 2.45) is 5.92 Å². The molecule has 0 aliphatic heterocycles. The molecule has 1 aliphatic rings. The van der Waals surface area contributed by atoms with E-state index in [1.807, 2.05) is 79.7 Å². The van der Waals surface area contributed by atoms with E-state index in [1.54, 1.807) is 6.08 Å². The van der Waals surface area contributed by atoms with Crippen LogP contribution in [0.15, 0.2) is 84.5 Å².